The van der Waals surface area contributed by atoms with Gasteiger partial charge in [0.2, 0.25) is 5.89 Å². The van der Waals surface area contributed by atoms with Crippen LogP contribution in [-0.4, -0.2) is 18.0 Å². The number of hydrogen-bond acceptors (Lipinski definition) is 4. The SMILES string of the molecule is COc1ccc(-c2cnc(-c3ccccc3C(=O)N[C@H](C)c3ccc(F)cc3)o2)cc1. The summed E-state index contributed by atoms with van der Waals surface area (Å²) < 4.78 is 24.3. The molecule has 0 aliphatic carbocycles. The highest BCUT2D eigenvalue weighted by Gasteiger charge is 2.19. The lowest BCUT2D eigenvalue weighted by molar-refractivity contribution is 0.0940. The molecule has 156 valence electrons. The first kappa shape index (κ1) is 20.3. The number of amides is 1. The van der Waals surface area contributed by atoms with Crippen molar-refractivity contribution >= 4 is 5.91 Å². The van der Waals surface area contributed by atoms with E-state index < -0.39 is 0 Å². The van der Waals surface area contributed by atoms with Crippen LogP contribution in [0.5, 0.6) is 5.75 Å². The quantitative estimate of drug-likeness (QED) is 0.441. The number of halogens is 1. The average molecular weight is 416 g/mol. The van der Waals surface area contributed by atoms with Gasteiger partial charge in [0.15, 0.2) is 5.76 Å². The summed E-state index contributed by atoms with van der Waals surface area (Å²) in [7, 11) is 1.61. The van der Waals surface area contributed by atoms with E-state index in [1.54, 1.807) is 43.6 Å². The van der Waals surface area contributed by atoms with E-state index in [9.17, 15) is 9.18 Å². The number of nitrogens with zero attached hydrogens (tertiary/aromatic N) is 1. The molecule has 0 unspecified atom stereocenters. The fourth-order valence-corrected chi connectivity index (χ4v) is 3.26. The van der Waals surface area contributed by atoms with Gasteiger partial charge in [-0.05, 0) is 61.0 Å². The van der Waals surface area contributed by atoms with Gasteiger partial charge in [-0.25, -0.2) is 9.37 Å². The highest BCUT2D eigenvalue weighted by atomic mass is 19.1. The molecule has 4 aromatic rings. The summed E-state index contributed by atoms with van der Waals surface area (Å²) in [6.07, 6.45) is 1.63. The van der Waals surface area contributed by atoms with Crippen molar-refractivity contribution in [1.82, 2.24) is 10.3 Å². The number of carbonyl (C=O) groups is 1. The first-order valence-electron chi connectivity index (χ1n) is 9.81. The van der Waals surface area contributed by atoms with Crippen LogP contribution in [-0.2, 0) is 0 Å². The Morgan fingerprint density at radius 3 is 2.45 bits per heavy atom. The van der Waals surface area contributed by atoms with E-state index in [1.165, 1.54) is 12.1 Å². The third kappa shape index (κ3) is 4.48. The molecular weight excluding hydrogens is 395 g/mol. The second-order valence-electron chi connectivity index (χ2n) is 7.05. The van der Waals surface area contributed by atoms with E-state index in [-0.39, 0.29) is 17.8 Å². The molecule has 0 radical (unpaired) electrons. The molecule has 0 aliphatic rings. The number of benzene rings is 3. The van der Waals surface area contributed by atoms with Gasteiger partial charge >= 0.3 is 0 Å². The maximum atomic E-state index is 13.2. The van der Waals surface area contributed by atoms with E-state index in [4.69, 9.17) is 9.15 Å². The molecular formula is C25H21FN2O3. The fourth-order valence-electron chi connectivity index (χ4n) is 3.26. The first-order valence-corrected chi connectivity index (χ1v) is 9.81. The molecule has 0 aliphatic heterocycles. The van der Waals surface area contributed by atoms with Crippen LogP contribution in [0.1, 0.15) is 28.9 Å². The summed E-state index contributed by atoms with van der Waals surface area (Å²) in [5.41, 5.74) is 2.70. The minimum Gasteiger partial charge on any atom is -0.497 e. The van der Waals surface area contributed by atoms with Gasteiger partial charge in [0.1, 0.15) is 11.6 Å². The summed E-state index contributed by atoms with van der Waals surface area (Å²) in [5, 5.41) is 2.95. The molecule has 0 saturated carbocycles. The number of oxazole rings is 1. The van der Waals surface area contributed by atoms with Gasteiger partial charge in [-0.3, -0.25) is 4.79 Å². The highest BCUT2D eigenvalue weighted by molar-refractivity contribution is 6.00. The van der Waals surface area contributed by atoms with Crippen molar-refractivity contribution in [3.8, 4) is 28.5 Å². The maximum absolute atomic E-state index is 13.2. The van der Waals surface area contributed by atoms with E-state index in [2.05, 4.69) is 10.3 Å². The summed E-state index contributed by atoms with van der Waals surface area (Å²) in [6.45, 7) is 1.85. The number of aromatic nitrogens is 1. The van der Waals surface area contributed by atoms with Crippen molar-refractivity contribution in [3.05, 3.63) is 95.9 Å². The van der Waals surface area contributed by atoms with Gasteiger partial charge in [-0.1, -0.05) is 24.3 Å². The van der Waals surface area contributed by atoms with Gasteiger partial charge in [-0.2, -0.15) is 0 Å². The molecule has 0 fully saturated rings. The van der Waals surface area contributed by atoms with E-state index in [1.807, 2.05) is 37.3 Å². The van der Waals surface area contributed by atoms with Crippen LogP contribution in [0.2, 0.25) is 0 Å². The Bertz CT molecular complexity index is 1180. The minimum absolute atomic E-state index is 0.267. The van der Waals surface area contributed by atoms with Gasteiger partial charge in [0.05, 0.1) is 24.9 Å². The molecule has 31 heavy (non-hydrogen) atoms. The average Bonchev–Trinajstić information content (AvgIpc) is 3.29. The maximum Gasteiger partial charge on any atom is 0.252 e. The zero-order chi connectivity index (χ0) is 21.8. The number of rotatable bonds is 6. The van der Waals surface area contributed by atoms with E-state index in [0.29, 0.717) is 22.8 Å². The lowest BCUT2D eigenvalue weighted by atomic mass is 10.0. The number of hydrogen-bond donors (Lipinski definition) is 1. The van der Waals surface area contributed by atoms with Crippen molar-refractivity contribution < 1.29 is 18.3 Å². The van der Waals surface area contributed by atoms with Crippen LogP contribution in [0.15, 0.2) is 83.4 Å². The third-order valence-electron chi connectivity index (χ3n) is 5.00. The van der Waals surface area contributed by atoms with Gasteiger partial charge in [0, 0.05) is 11.1 Å². The Kier molecular flexibility index (Phi) is 5.80. The molecule has 0 bridgehead atoms. The number of ether oxygens (including phenoxy) is 1. The van der Waals surface area contributed by atoms with Crippen molar-refractivity contribution in [1.29, 1.82) is 0 Å². The highest BCUT2D eigenvalue weighted by Crippen LogP contribution is 2.29. The predicted molar refractivity (Wildman–Crippen MR) is 116 cm³/mol. The molecule has 1 heterocycles. The Morgan fingerprint density at radius 1 is 1.03 bits per heavy atom. The van der Waals surface area contributed by atoms with Crippen LogP contribution in [0.4, 0.5) is 4.39 Å². The van der Waals surface area contributed by atoms with Crippen LogP contribution in [0.25, 0.3) is 22.8 Å². The number of nitrogens with one attached hydrogen (secondary N) is 1. The normalized spacial score (nSPS) is 11.7. The van der Waals surface area contributed by atoms with Gasteiger partial charge < -0.3 is 14.5 Å². The summed E-state index contributed by atoms with van der Waals surface area (Å²) >= 11 is 0. The molecule has 5 nitrogen and oxygen atoms in total. The first-order chi connectivity index (χ1) is 15.0. The molecule has 1 N–H and O–H groups in total. The largest absolute Gasteiger partial charge is 0.497 e. The summed E-state index contributed by atoms with van der Waals surface area (Å²) in [6, 6.07) is 20.3. The zero-order valence-corrected chi connectivity index (χ0v) is 17.1. The van der Waals surface area contributed by atoms with E-state index >= 15 is 0 Å². The monoisotopic (exact) mass is 416 g/mol. The van der Waals surface area contributed by atoms with Crippen molar-refractivity contribution in [2.75, 3.05) is 7.11 Å². The molecule has 0 saturated heterocycles. The van der Waals surface area contributed by atoms with E-state index in [0.717, 1.165) is 16.9 Å². The second-order valence-corrected chi connectivity index (χ2v) is 7.05. The number of carbonyl (C=O) groups excluding carboxylic acids is 1. The van der Waals surface area contributed by atoms with Crippen molar-refractivity contribution in [2.45, 2.75) is 13.0 Å². The third-order valence-corrected chi connectivity index (χ3v) is 5.00. The molecule has 1 aromatic heterocycles. The Hall–Kier alpha value is -3.93. The van der Waals surface area contributed by atoms with Crippen LogP contribution in [0, 0.1) is 5.82 Å². The molecule has 1 amide bonds. The van der Waals surface area contributed by atoms with Crippen LogP contribution in [0.3, 0.4) is 0 Å². The summed E-state index contributed by atoms with van der Waals surface area (Å²) in [5.74, 6) is 1.11. The topological polar surface area (TPSA) is 64.4 Å². The molecule has 0 spiro atoms. The fraction of sp³-hybridized carbons (Fsp3) is 0.120. The van der Waals surface area contributed by atoms with Crippen molar-refractivity contribution in [3.63, 3.8) is 0 Å². The Labute approximate surface area is 179 Å². The standard InChI is InChI=1S/C25H21FN2O3/c1-16(17-7-11-19(26)12-8-17)28-24(29)21-5-3-4-6-22(21)25-27-15-23(31-25)18-9-13-20(30-2)14-10-18/h3-16H,1-2H3,(H,28,29)/t16-/m1/s1. The Balaban J connectivity index is 1.57. The predicted octanol–water partition coefficient (Wildman–Crippen LogP) is 5.65. The molecule has 1 atom stereocenters. The lowest BCUT2D eigenvalue weighted by Crippen LogP contribution is -2.27. The molecule has 6 heteroatoms. The van der Waals surface area contributed by atoms with Gasteiger partial charge in [-0.15, -0.1) is 0 Å². The smallest absolute Gasteiger partial charge is 0.252 e. The molecule has 3 aromatic carbocycles. The zero-order valence-electron chi connectivity index (χ0n) is 17.1. The van der Waals surface area contributed by atoms with Gasteiger partial charge in [0.25, 0.3) is 5.91 Å². The second kappa shape index (κ2) is 8.83. The van der Waals surface area contributed by atoms with Crippen LogP contribution >= 0.6 is 0 Å². The van der Waals surface area contributed by atoms with Crippen LogP contribution < -0.4 is 10.1 Å². The lowest BCUT2D eigenvalue weighted by Gasteiger charge is -2.15. The van der Waals surface area contributed by atoms with Crippen molar-refractivity contribution in [2.24, 2.45) is 0 Å². The minimum atomic E-state index is -0.316. The number of methoxy groups -OCH3 is 1. The molecule has 4 rings (SSSR count). The summed E-state index contributed by atoms with van der Waals surface area (Å²) in [4.78, 5) is 17.3. The Morgan fingerprint density at radius 2 is 1.74 bits per heavy atom.